The minimum atomic E-state index is -3.62. The monoisotopic (exact) mass is 460 g/mol. The zero-order valence-electron chi connectivity index (χ0n) is 18.4. The smallest absolute Gasteiger partial charge is 0.244 e. The van der Waals surface area contributed by atoms with E-state index < -0.39 is 9.84 Å². The van der Waals surface area contributed by atoms with Gasteiger partial charge in [0.2, 0.25) is 5.91 Å². The molecular formula is C26H24N2O4S. The Bertz CT molecular complexity index is 1430. The van der Waals surface area contributed by atoms with Gasteiger partial charge >= 0.3 is 0 Å². The number of hydrogen-bond acceptors (Lipinski definition) is 4. The Morgan fingerprint density at radius 1 is 0.909 bits per heavy atom. The molecule has 1 aromatic heterocycles. The minimum absolute atomic E-state index is 0.0466. The molecular weight excluding hydrogens is 436 g/mol. The first-order valence-corrected chi connectivity index (χ1v) is 12.2. The highest BCUT2D eigenvalue weighted by molar-refractivity contribution is 7.90. The zero-order chi connectivity index (χ0) is 23.6. The number of amides is 1. The highest BCUT2D eigenvalue weighted by atomic mass is 32.2. The fraction of sp³-hybridized carbons (Fsp3) is 0.154. The van der Waals surface area contributed by atoms with Crippen LogP contribution in [-0.2, 0) is 26.9 Å². The number of nitrogens with one attached hydrogen (secondary N) is 1. The first kappa shape index (κ1) is 22.5. The summed E-state index contributed by atoms with van der Waals surface area (Å²) in [6, 6.07) is 21.2. The highest BCUT2D eigenvalue weighted by Gasteiger charge is 2.22. The van der Waals surface area contributed by atoms with Crippen molar-refractivity contribution in [2.45, 2.75) is 31.0 Å². The number of rotatable bonds is 7. The van der Waals surface area contributed by atoms with Crippen molar-refractivity contribution in [1.82, 2.24) is 4.57 Å². The van der Waals surface area contributed by atoms with Crippen LogP contribution in [0.3, 0.4) is 0 Å². The second-order valence-electron chi connectivity index (χ2n) is 8.06. The van der Waals surface area contributed by atoms with E-state index >= 15 is 0 Å². The molecule has 0 aliphatic rings. The van der Waals surface area contributed by atoms with Gasteiger partial charge in [-0.05, 0) is 49.7 Å². The lowest BCUT2D eigenvalue weighted by molar-refractivity contribution is -0.116. The summed E-state index contributed by atoms with van der Waals surface area (Å²) >= 11 is 0. The van der Waals surface area contributed by atoms with Crippen molar-refractivity contribution < 1.29 is 18.0 Å². The molecule has 0 bridgehead atoms. The van der Waals surface area contributed by atoms with Crippen LogP contribution in [0.2, 0.25) is 0 Å². The lowest BCUT2D eigenvalue weighted by Gasteiger charge is -2.08. The summed E-state index contributed by atoms with van der Waals surface area (Å²) in [6.07, 6.45) is 1.53. The quantitative estimate of drug-likeness (QED) is 0.403. The van der Waals surface area contributed by atoms with Crippen molar-refractivity contribution in [1.29, 1.82) is 0 Å². The molecule has 0 unspecified atom stereocenters. The van der Waals surface area contributed by atoms with Crippen LogP contribution in [-0.4, -0.2) is 24.7 Å². The summed E-state index contributed by atoms with van der Waals surface area (Å²) in [5.74, 6) is -0.462. The van der Waals surface area contributed by atoms with Crippen molar-refractivity contribution in [2.24, 2.45) is 0 Å². The number of para-hydroxylation sites is 1. The second-order valence-corrected chi connectivity index (χ2v) is 10.0. The van der Waals surface area contributed by atoms with Gasteiger partial charge in [-0.2, -0.15) is 0 Å². The molecule has 0 aliphatic heterocycles. The van der Waals surface area contributed by atoms with Crippen LogP contribution in [0.25, 0.3) is 10.9 Å². The molecule has 1 heterocycles. The molecule has 0 saturated carbocycles. The molecule has 1 amide bonds. The Kier molecular flexibility index (Phi) is 6.16. The second kappa shape index (κ2) is 9.03. The molecule has 0 radical (unpaired) electrons. The number of benzene rings is 3. The third kappa shape index (κ3) is 5.04. The van der Waals surface area contributed by atoms with Gasteiger partial charge in [0.05, 0.1) is 10.6 Å². The number of hydrogen-bond donors (Lipinski definition) is 1. The molecule has 6 nitrogen and oxygen atoms in total. The maximum Gasteiger partial charge on any atom is 0.244 e. The first-order valence-electron chi connectivity index (χ1n) is 10.5. The van der Waals surface area contributed by atoms with Gasteiger partial charge in [-0.15, -0.1) is 0 Å². The minimum Gasteiger partial charge on any atom is -0.337 e. The molecule has 7 heteroatoms. The number of ketones is 1. The summed E-state index contributed by atoms with van der Waals surface area (Å²) in [5.41, 5.74) is 3.57. The average Bonchev–Trinajstić information content (AvgIpc) is 3.15. The lowest BCUT2D eigenvalue weighted by Crippen LogP contribution is -2.18. The normalized spacial score (nSPS) is 11.5. The summed E-state index contributed by atoms with van der Waals surface area (Å²) in [4.78, 5) is 24.3. The molecule has 0 fully saturated rings. The topological polar surface area (TPSA) is 85.2 Å². The van der Waals surface area contributed by atoms with E-state index in [1.807, 2.05) is 37.3 Å². The fourth-order valence-corrected chi connectivity index (χ4v) is 5.30. The number of anilines is 1. The lowest BCUT2D eigenvalue weighted by atomic mass is 10.1. The van der Waals surface area contributed by atoms with Crippen LogP contribution in [0.5, 0.6) is 0 Å². The molecule has 168 valence electrons. The Morgan fingerprint density at radius 2 is 1.58 bits per heavy atom. The standard InChI is InChI=1S/C26H24N2O4S/c1-18-7-9-20(10-8-18)17-33(31,32)25-15-28(24-6-4-3-5-23(24)25)16-26(30)27-22-13-11-21(12-14-22)19(2)29/h3-15H,16-17H2,1-2H3,(H,27,30). The van der Waals surface area contributed by atoms with E-state index in [1.54, 1.807) is 47.0 Å². The predicted molar refractivity (Wildman–Crippen MR) is 129 cm³/mol. The van der Waals surface area contributed by atoms with Gasteiger partial charge in [-0.1, -0.05) is 48.0 Å². The average molecular weight is 461 g/mol. The number of aryl methyl sites for hydroxylation is 1. The van der Waals surface area contributed by atoms with Crippen LogP contribution >= 0.6 is 0 Å². The zero-order valence-corrected chi connectivity index (χ0v) is 19.2. The Morgan fingerprint density at radius 3 is 2.24 bits per heavy atom. The highest BCUT2D eigenvalue weighted by Crippen LogP contribution is 2.28. The van der Waals surface area contributed by atoms with Crippen molar-refractivity contribution in [3.63, 3.8) is 0 Å². The molecule has 0 aliphatic carbocycles. The van der Waals surface area contributed by atoms with E-state index in [0.29, 0.717) is 27.7 Å². The van der Waals surface area contributed by atoms with Crippen molar-refractivity contribution >= 4 is 38.1 Å². The summed E-state index contributed by atoms with van der Waals surface area (Å²) in [7, 11) is -3.62. The SMILES string of the molecule is CC(=O)c1ccc(NC(=O)Cn2cc(S(=O)(=O)Cc3ccc(C)cc3)c3ccccc32)cc1. The molecule has 1 N–H and O–H groups in total. The van der Waals surface area contributed by atoms with Gasteiger partial charge in [0.25, 0.3) is 0 Å². The number of aromatic nitrogens is 1. The number of nitrogens with zero attached hydrogens (tertiary/aromatic N) is 1. The maximum absolute atomic E-state index is 13.2. The Hall–Kier alpha value is -3.71. The van der Waals surface area contributed by atoms with Crippen LogP contribution in [0.1, 0.15) is 28.4 Å². The number of Topliss-reactive ketones (excluding diaryl/α,β-unsaturated/α-hetero) is 1. The number of fused-ring (bicyclic) bond motifs is 1. The van der Waals surface area contributed by atoms with Gasteiger partial charge in [-0.3, -0.25) is 9.59 Å². The van der Waals surface area contributed by atoms with Crippen molar-refractivity contribution in [3.05, 3.63) is 95.7 Å². The number of carbonyl (C=O) groups is 2. The van der Waals surface area contributed by atoms with E-state index in [2.05, 4.69) is 5.32 Å². The summed E-state index contributed by atoms with van der Waals surface area (Å²) < 4.78 is 28.1. The van der Waals surface area contributed by atoms with E-state index in [0.717, 1.165) is 5.56 Å². The van der Waals surface area contributed by atoms with Crippen molar-refractivity contribution in [2.75, 3.05) is 5.32 Å². The maximum atomic E-state index is 13.2. The number of sulfone groups is 1. The van der Waals surface area contributed by atoms with Gasteiger partial charge in [0, 0.05) is 28.4 Å². The van der Waals surface area contributed by atoms with Gasteiger partial charge in [0.1, 0.15) is 6.54 Å². The van der Waals surface area contributed by atoms with Crippen molar-refractivity contribution in [3.8, 4) is 0 Å². The Balaban J connectivity index is 1.59. The van der Waals surface area contributed by atoms with Crippen LogP contribution < -0.4 is 5.32 Å². The fourth-order valence-electron chi connectivity index (χ4n) is 3.72. The Labute approximate surface area is 192 Å². The van der Waals surface area contributed by atoms with Gasteiger partial charge in [0.15, 0.2) is 15.6 Å². The van der Waals surface area contributed by atoms with Crippen LogP contribution in [0, 0.1) is 6.92 Å². The largest absolute Gasteiger partial charge is 0.337 e. The summed E-state index contributed by atoms with van der Waals surface area (Å²) in [6.45, 7) is 3.39. The first-order chi connectivity index (χ1) is 15.7. The third-order valence-electron chi connectivity index (χ3n) is 5.45. The van der Waals surface area contributed by atoms with Gasteiger partial charge < -0.3 is 9.88 Å². The van der Waals surface area contributed by atoms with E-state index in [9.17, 15) is 18.0 Å². The third-order valence-corrected chi connectivity index (χ3v) is 7.16. The molecule has 33 heavy (non-hydrogen) atoms. The van der Waals surface area contributed by atoms with Gasteiger partial charge in [-0.25, -0.2) is 8.42 Å². The molecule has 3 aromatic carbocycles. The van der Waals surface area contributed by atoms with E-state index in [4.69, 9.17) is 0 Å². The molecule has 0 atom stereocenters. The van der Waals surface area contributed by atoms with E-state index in [-0.39, 0.29) is 28.9 Å². The molecule has 4 rings (SSSR count). The molecule has 0 spiro atoms. The summed E-state index contributed by atoms with van der Waals surface area (Å²) in [5, 5.41) is 3.38. The van der Waals surface area contributed by atoms with E-state index in [1.165, 1.54) is 13.1 Å². The number of carbonyl (C=O) groups excluding carboxylic acids is 2. The van der Waals surface area contributed by atoms with Crippen LogP contribution in [0.15, 0.2) is 83.9 Å². The van der Waals surface area contributed by atoms with Crippen LogP contribution in [0.4, 0.5) is 5.69 Å². The molecule has 0 saturated heterocycles. The molecule has 4 aromatic rings. The predicted octanol–water partition coefficient (Wildman–Crippen LogP) is 4.76.